The van der Waals surface area contributed by atoms with Crippen molar-refractivity contribution in [1.29, 1.82) is 0 Å². The lowest BCUT2D eigenvalue weighted by Crippen LogP contribution is -2.11. The summed E-state index contributed by atoms with van der Waals surface area (Å²) in [6, 6.07) is 16.7. The molecular formula is C18H16N2O5S. The third kappa shape index (κ3) is 4.48. The Hall–Kier alpha value is -3.13. The zero-order valence-corrected chi connectivity index (χ0v) is 14.7. The quantitative estimate of drug-likeness (QED) is 0.714. The van der Waals surface area contributed by atoms with Gasteiger partial charge in [-0.25, -0.2) is 8.42 Å². The first-order chi connectivity index (χ1) is 12.4. The summed E-state index contributed by atoms with van der Waals surface area (Å²) in [5.74, 6) is -0.328. The first-order valence-corrected chi connectivity index (χ1v) is 9.56. The minimum Gasteiger partial charge on any atom is -0.471 e. The highest BCUT2D eigenvalue weighted by molar-refractivity contribution is 7.90. The van der Waals surface area contributed by atoms with Gasteiger partial charge < -0.3 is 14.6 Å². The van der Waals surface area contributed by atoms with E-state index in [1.54, 1.807) is 0 Å². The Morgan fingerprint density at radius 3 is 2.46 bits per heavy atom. The molecule has 0 aliphatic rings. The minimum atomic E-state index is -3.28. The van der Waals surface area contributed by atoms with Gasteiger partial charge in [0.15, 0.2) is 9.84 Å². The number of nitrogens with zero attached hydrogens (tertiary/aromatic N) is 1. The maximum Gasteiger partial charge on any atom is 0.294 e. The van der Waals surface area contributed by atoms with E-state index in [1.807, 2.05) is 30.3 Å². The normalized spacial score (nSPS) is 11.1. The van der Waals surface area contributed by atoms with Crippen molar-refractivity contribution in [2.75, 3.05) is 11.6 Å². The van der Waals surface area contributed by atoms with Gasteiger partial charge in [0, 0.05) is 11.9 Å². The molecule has 1 heterocycles. The number of sulfone groups is 1. The fourth-order valence-electron chi connectivity index (χ4n) is 2.14. The molecule has 0 unspecified atom stereocenters. The topological polar surface area (TPSA) is 98.5 Å². The predicted molar refractivity (Wildman–Crippen MR) is 94.8 cm³/mol. The van der Waals surface area contributed by atoms with Crippen molar-refractivity contribution < 1.29 is 22.5 Å². The lowest BCUT2D eigenvalue weighted by Gasteiger charge is -2.03. The molecule has 2 aromatic carbocycles. The molecule has 1 aromatic heterocycles. The number of nitrogens with one attached hydrogen (secondary N) is 1. The van der Waals surface area contributed by atoms with Crippen LogP contribution in [-0.2, 0) is 16.4 Å². The molecule has 26 heavy (non-hydrogen) atoms. The summed E-state index contributed by atoms with van der Waals surface area (Å²) in [6.07, 6.45) is 1.12. The van der Waals surface area contributed by atoms with E-state index in [0.717, 1.165) is 11.8 Å². The second-order valence-corrected chi connectivity index (χ2v) is 7.57. The number of carbonyl (C=O) groups excluding carboxylic acids is 1. The molecule has 1 N–H and O–H groups in total. The van der Waals surface area contributed by atoms with Gasteiger partial charge in [-0.3, -0.25) is 4.79 Å². The Balaban J connectivity index is 1.61. The highest BCUT2D eigenvalue weighted by Gasteiger charge is 2.15. The van der Waals surface area contributed by atoms with Gasteiger partial charge >= 0.3 is 0 Å². The van der Waals surface area contributed by atoms with Crippen LogP contribution in [-0.4, -0.2) is 25.7 Å². The van der Waals surface area contributed by atoms with E-state index in [1.165, 1.54) is 30.3 Å². The van der Waals surface area contributed by atoms with E-state index < -0.39 is 15.7 Å². The van der Waals surface area contributed by atoms with Crippen molar-refractivity contribution in [1.82, 2.24) is 5.16 Å². The Kier molecular flexibility index (Phi) is 5.04. The second kappa shape index (κ2) is 7.40. The number of anilines is 1. The van der Waals surface area contributed by atoms with Crippen LogP contribution in [0, 0.1) is 0 Å². The van der Waals surface area contributed by atoms with E-state index in [0.29, 0.717) is 12.3 Å². The lowest BCUT2D eigenvalue weighted by atomic mass is 10.2. The highest BCUT2D eigenvalue weighted by Crippen LogP contribution is 2.17. The number of carbonyl (C=O) groups is 1. The molecular weight excluding hydrogens is 356 g/mol. The number of rotatable bonds is 6. The zero-order chi connectivity index (χ0) is 18.6. The molecule has 7 nitrogen and oxygen atoms in total. The van der Waals surface area contributed by atoms with Crippen LogP contribution in [0.5, 0.6) is 5.88 Å². The van der Waals surface area contributed by atoms with Crippen molar-refractivity contribution in [3.63, 3.8) is 0 Å². The van der Waals surface area contributed by atoms with Crippen LogP contribution in [0.25, 0.3) is 0 Å². The molecule has 3 rings (SSSR count). The van der Waals surface area contributed by atoms with Crippen molar-refractivity contribution in [3.05, 3.63) is 72.0 Å². The fraction of sp³-hybridized carbons (Fsp3) is 0.111. The van der Waals surface area contributed by atoms with Gasteiger partial charge in [0.2, 0.25) is 5.76 Å². The Bertz CT molecular complexity index is 996. The van der Waals surface area contributed by atoms with Gasteiger partial charge in [0.25, 0.3) is 11.8 Å². The fourth-order valence-corrected chi connectivity index (χ4v) is 2.77. The molecule has 0 saturated carbocycles. The van der Waals surface area contributed by atoms with Gasteiger partial charge in [-0.15, -0.1) is 0 Å². The second-order valence-electron chi connectivity index (χ2n) is 5.55. The highest BCUT2D eigenvalue weighted by atomic mass is 32.2. The van der Waals surface area contributed by atoms with E-state index in [9.17, 15) is 13.2 Å². The largest absolute Gasteiger partial charge is 0.471 e. The predicted octanol–water partition coefficient (Wildman–Crippen LogP) is 2.91. The summed E-state index contributed by atoms with van der Waals surface area (Å²) in [5, 5.41) is 6.30. The van der Waals surface area contributed by atoms with Crippen molar-refractivity contribution in [3.8, 4) is 5.88 Å². The Morgan fingerprint density at radius 1 is 1.12 bits per heavy atom. The van der Waals surface area contributed by atoms with Crippen molar-refractivity contribution in [2.45, 2.75) is 11.5 Å². The van der Waals surface area contributed by atoms with Gasteiger partial charge in [-0.2, -0.15) is 0 Å². The summed E-state index contributed by atoms with van der Waals surface area (Å²) < 4.78 is 33.3. The van der Waals surface area contributed by atoms with Crippen LogP contribution in [0.2, 0.25) is 0 Å². The molecule has 0 fully saturated rings. The lowest BCUT2D eigenvalue weighted by molar-refractivity contribution is 0.0987. The molecule has 0 spiro atoms. The number of ether oxygens (including phenoxy) is 1. The summed E-state index contributed by atoms with van der Waals surface area (Å²) in [4.78, 5) is 12.3. The van der Waals surface area contributed by atoms with E-state index in [4.69, 9.17) is 9.26 Å². The molecule has 0 radical (unpaired) electrons. The Morgan fingerprint density at radius 2 is 1.81 bits per heavy atom. The van der Waals surface area contributed by atoms with Gasteiger partial charge in [-0.1, -0.05) is 30.3 Å². The monoisotopic (exact) mass is 372 g/mol. The third-order valence-corrected chi connectivity index (χ3v) is 4.61. The van der Waals surface area contributed by atoms with Crippen molar-refractivity contribution >= 4 is 21.4 Å². The number of hydrogen-bond donors (Lipinski definition) is 1. The van der Waals surface area contributed by atoms with Crippen LogP contribution in [0.15, 0.2) is 70.1 Å². The zero-order valence-electron chi connectivity index (χ0n) is 13.9. The van der Waals surface area contributed by atoms with Gasteiger partial charge in [0.05, 0.1) is 11.0 Å². The number of aromatic nitrogens is 1. The molecule has 134 valence electrons. The van der Waals surface area contributed by atoms with Crippen molar-refractivity contribution in [2.24, 2.45) is 0 Å². The summed E-state index contributed by atoms with van der Waals surface area (Å²) in [5.41, 5.74) is 1.40. The van der Waals surface area contributed by atoms with Crippen LogP contribution in [0.3, 0.4) is 0 Å². The van der Waals surface area contributed by atoms with Gasteiger partial charge in [-0.05, 0) is 35.0 Å². The molecule has 8 heteroatoms. The van der Waals surface area contributed by atoms with E-state index in [-0.39, 0.29) is 16.5 Å². The first kappa shape index (κ1) is 17.7. The summed E-state index contributed by atoms with van der Waals surface area (Å²) in [7, 11) is -3.28. The van der Waals surface area contributed by atoms with Crippen LogP contribution < -0.4 is 10.1 Å². The molecule has 1 amide bonds. The SMILES string of the molecule is CS(=O)(=O)c1ccc(NC(=O)c2cc(OCc3ccccc3)no2)cc1. The van der Waals surface area contributed by atoms with Crippen LogP contribution >= 0.6 is 0 Å². The molecule has 0 atom stereocenters. The molecule has 0 bridgehead atoms. The smallest absolute Gasteiger partial charge is 0.294 e. The average molecular weight is 372 g/mol. The first-order valence-electron chi connectivity index (χ1n) is 7.67. The number of hydrogen-bond acceptors (Lipinski definition) is 6. The van der Waals surface area contributed by atoms with E-state index in [2.05, 4.69) is 10.5 Å². The van der Waals surface area contributed by atoms with E-state index >= 15 is 0 Å². The molecule has 0 saturated heterocycles. The third-order valence-electron chi connectivity index (χ3n) is 3.48. The number of benzene rings is 2. The summed E-state index contributed by atoms with van der Waals surface area (Å²) >= 11 is 0. The maximum absolute atomic E-state index is 12.2. The van der Waals surface area contributed by atoms with Gasteiger partial charge in [0.1, 0.15) is 6.61 Å². The summed E-state index contributed by atoms with van der Waals surface area (Å²) in [6.45, 7) is 0.307. The van der Waals surface area contributed by atoms with Crippen LogP contribution in [0.4, 0.5) is 5.69 Å². The minimum absolute atomic E-state index is 0.0137. The molecule has 0 aliphatic carbocycles. The maximum atomic E-state index is 12.2. The number of amides is 1. The average Bonchev–Trinajstić information content (AvgIpc) is 3.10. The molecule has 3 aromatic rings. The van der Waals surface area contributed by atoms with Crippen LogP contribution in [0.1, 0.15) is 16.1 Å². The molecule has 0 aliphatic heterocycles. The standard InChI is InChI=1S/C18H16N2O5S/c1-26(22,23)15-9-7-14(8-10-15)19-18(21)16-11-17(20-25-16)24-12-13-5-3-2-4-6-13/h2-11H,12H2,1H3,(H,19,21). The Labute approximate surface area is 150 Å².